The van der Waals surface area contributed by atoms with Gasteiger partial charge in [-0.2, -0.15) is 0 Å². The average Bonchev–Trinajstić information content (AvgIpc) is 1.99. The molecule has 0 saturated carbocycles. The standard InChI is InChI=1S/C6H4BrClF2N2O2S/c7-2-1-3(11)12-4(6(9)10)5(2)15(8,13)14/h1,6H,(H2,11,12). The van der Waals surface area contributed by atoms with E-state index >= 15 is 0 Å². The Bertz CT molecular complexity index is 494. The average molecular weight is 322 g/mol. The van der Waals surface area contributed by atoms with Crippen LogP contribution in [0.4, 0.5) is 14.6 Å². The monoisotopic (exact) mass is 320 g/mol. The summed E-state index contributed by atoms with van der Waals surface area (Å²) in [5.41, 5.74) is 4.24. The molecule has 0 aliphatic heterocycles. The van der Waals surface area contributed by atoms with E-state index in [9.17, 15) is 17.2 Å². The van der Waals surface area contributed by atoms with Crippen LogP contribution < -0.4 is 5.73 Å². The maximum absolute atomic E-state index is 12.5. The molecule has 0 fully saturated rings. The maximum atomic E-state index is 12.5. The predicted octanol–water partition coefficient (Wildman–Crippen LogP) is 2.29. The molecular weight excluding hydrogens is 317 g/mol. The van der Waals surface area contributed by atoms with Crippen LogP contribution in [-0.2, 0) is 9.05 Å². The molecule has 0 aromatic carbocycles. The molecule has 1 rings (SSSR count). The second-order valence-corrected chi connectivity index (χ2v) is 5.84. The zero-order valence-corrected chi connectivity index (χ0v) is 10.1. The van der Waals surface area contributed by atoms with Crippen LogP contribution in [0.1, 0.15) is 12.1 Å². The van der Waals surface area contributed by atoms with Gasteiger partial charge in [0.25, 0.3) is 15.5 Å². The summed E-state index contributed by atoms with van der Waals surface area (Å²) in [6, 6.07) is 1.08. The highest BCUT2D eigenvalue weighted by Crippen LogP contribution is 2.34. The topological polar surface area (TPSA) is 73.1 Å². The van der Waals surface area contributed by atoms with Gasteiger partial charge >= 0.3 is 0 Å². The summed E-state index contributed by atoms with van der Waals surface area (Å²) in [4.78, 5) is 2.48. The van der Waals surface area contributed by atoms with E-state index in [0.717, 1.165) is 6.07 Å². The van der Waals surface area contributed by atoms with Crippen LogP contribution in [0, 0.1) is 0 Å². The minimum absolute atomic E-state index is 0.139. The molecule has 0 radical (unpaired) electrons. The fourth-order valence-corrected chi connectivity index (χ4v) is 3.45. The van der Waals surface area contributed by atoms with Crippen molar-refractivity contribution in [2.24, 2.45) is 0 Å². The molecule has 4 nitrogen and oxygen atoms in total. The van der Waals surface area contributed by atoms with Crippen molar-refractivity contribution in [3.8, 4) is 0 Å². The molecule has 0 aliphatic rings. The first-order valence-corrected chi connectivity index (χ1v) is 6.52. The fraction of sp³-hybridized carbons (Fsp3) is 0.167. The van der Waals surface area contributed by atoms with Gasteiger partial charge in [0.2, 0.25) is 0 Å². The summed E-state index contributed by atoms with van der Waals surface area (Å²) < 4.78 is 46.8. The van der Waals surface area contributed by atoms with Crippen LogP contribution in [0.25, 0.3) is 0 Å². The first-order valence-electron chi connectivity index (χ1n) is 3.42. The van der Waals surface area contributed by atoms with Gasteiger partial charge < -0.3 is 5.73 Å². The van der Waals surface area contributed by atoms with E-state index in [0.29, 0.717) is 0 Å². The molecule has 1 heterocycles. The zero-order chi connectivity index (χ0) is 11.8. The Balaban J connectivity index is 3.62. The smallest absolute Gasteiger partial charge is 0.281 e. The minimum atomic E-state index is -4.30. The number of halogens is 4. The van der Waals surface area contributed by atoms with E-state index in [4.69, 9.17) is 16.4 Å². The lowest BCUT2D eigenvalue weighted by molar-refractivity contribution is 0.142. The highest BCUT2D eigenvalue weighted by atomic mass is 79.9. The normalized spacial score (nSPS) is 12.1. The molecule has 84 valence electrons. The molecule has 0 aliphatic carbocycles. The summed E-state index contributed by atoms with van der Waals surface area (Å²) in [5, 5.41) is 0. The van der Waals surface area contributed by atoms with Crippen molar-refractivity contribution in [3.63, 3.8) is 0 Å². The fourth-order valence-electron chi connectivity index (χ4n) is 0.929. The van der Waals surface area contributed by atoms with Gasteiger partial charge in [0, 0.05) is 15.2 Å². The number of rotatable bonds is 2. The molecule has 0 amide bonds. The minimum Gasteiger partial charge on any atom is -0.384 e. The number of nitrogen functional groups attached to an aromatic ring is 1. The lowest BCUT2D eigenvalue weighted by Gasteiger charge is -2.07. The number of pyridine rings is 1. The molecular formula is C6H4BrClF2N2O2S. The summed E-state index contributed by atoms with van der Waals surface area (Å²) >= 11 is 2.79. The SMILES string of the molecule is Nc1cc(Br)c(S(=O)(=O)Cl)c(C(F)F)n1. The Morgan fingerprint density at radius 1 is 1.53 bits per heavy atom. The second kappa shape index (κ2) is 4.18. The van der Waals surface area contributed by atoms with E-state index in [1.54, 1.807) is 0 Å². The maximum Gasteiger partial charge on any atom is 0.281 e. The Morgan fingerprint density at radius 2 is 2.07 bits per heavy atom. The third kappa shape index (κ3) is 2.76. The highest BCUT2D eigenvalue weighted by Gasteiger charge is 2.26. The lowest BCUT2D eigenvalue weighted by Crippen LogP contribution is -2.05. The molecule has 1 aromatic rings. The van der Waals surface area contributed by atoms with E-state index in [1.807, 2.05) is 0 Å². The molecule has 0 bridgehead atoms. The number of hydrogen-bond acceptors (Lipinski definition) is 4. The summed E-state index contributed by atoms with van der Waals surface area (Å²) in [6.45, 7) is 0. The van der Waals surface area contributed by atoms with E-state index in [1.165, 1.54) is 0 Å². The third-order valence-corrected chi connectivity index (χ3v) is 3.69. The van der Waals surface area contributed by atoms with Crippen molar-refractivity contribution >= 4 is 41.5 Å². The Hall–Kier alpha value is -0.470. The van der Waals surface area contributed by atoms with Crippen molar-refractivity contribution in [2.45, 2.75) is 11.3 Å². The van der Waals surface area contributed by atoms with Crippen LogP contribution in [0.15, 0.2) is 15.4 Å². The van der Waals surface area contributed by atoms with Gasteiger partial charge in [-0.15, -0.1) is 0 Å². The van der Waals surface area contributed by atoms with Crippen molar-refractivity contribution < 1.29 is 17.2 Å². The van der Waals surface area contributed by atoms with Crippen molar-refractivity contribution in [2.75, 3.05) is 5.73 Å². The van der Waals surface area contributed by atoms with Crippen molar-refractivity contribution in [1.82, 2.24) is 4.98 Å². The molecule has 9 heteroatoms. The third-order valence-electron chi connectivity index (χ3n) is 1.42. The quantitative estimate of drug-likeness (QED) is 0.848. The van der Waals surface area contributed by atoms with Crippen molar-refractivity contribution in [1.29, 1.82) is 0 Å². The Morgan fingerprint density at radius 3 is 2.47 bits per heavy atom. The molecule has 15 heavy (non-hydrogen) atoms. The molecule has 0 saturated heterocycles. The zero-order valence-electron chi connectivity index (χ0n) is 6.92. The number of hydrogen-bond donors (Lipinski definition) is 1. The molecule has 0 spiro atoms. The summed E-state index contributed by atoms with van der Waals surface area (Å²) in [6.07, 6.45) is -3.08. The summed E-state index contributed by atoms with van der Waals surface area (Å²) in [7, 11) is 0.695. The molecule has 0 atom stereocenters. The number of nitrogens with zero attached hydrogens (tertiary/aromatic N) is 1. The number of aromatic nitrogens is 1. The molecule has 1 aromatic heterocycles. The first kappa shape index (κ1) is 12.6. The van der Waals surface area contributed by atoms with E-state index < -0.39 is 26.1 Å². The summed E-state index contributed by atoms with van der Waals surface area (Å²) in [5.74, 6) is -0.221. The molecule has 2 N–H and O–H groups in total. The van der Waals surface area contributed by atoms with Gasteiger partial charge in [0.05, 0.1) is 0 Å². The van der Waals surface area contributed by atoms with Crippen LogP contribution in [-0.4, -0.2) is 13.4 Å². The van der Waals surface area contributed by atoms with Crippen LogP contribution in [0.5, 0.6) is 0 Å². The van der Waals surface area contributed by atoms with E-state index in [-0.39, 0.29) is 10.3 Å². The second-order valence-electron chi connectivity index (χ2n) is 2.48. The highest BCUT2D eigenvalue weighted by molar-refractivity contribution is 9.10. The number of nitrogens with two attached hydrogens (primary N) is 1. The van der Waals surface area contributed by atoms with Gasteiger partial charge in [-0.3, -0.25) is 0 Å². The lowest BCUT2D eigenvalue weighted by atomic mass is 10.3. The predicted molar refractivity (Wildman–Crippen MR) is 54.3 cm³/mol. The van der Waals surface area contributed by atoms with Crippen LogP contribution >= 0.6 is 26.6 Å². The van der Waals surface area contributed by atoms with Gasteiger partial charge in [-0.1, -0.05) is 0 Å². The number of alkyl halides is 2. The van der Waals surface area contributed by atoms with E-state index in [2.05, 4.69) is 20.9 Å². The first-order chi connectivity index (χ1) is 6.73. The number of anilines is 1. The molecule has 0 unspecified atom stereocenters. The van der Waals surface area contributed by atoms with Gasteiger partial charge in [-0.05, 0) is 22.0 Å². The van der Waals surface area contributed by atoms with Gasteiger partial charge in [0.15, 0.2) is 0 Å². The van der Waals surface area contributed by atoms with Crippen molar-refractivity contribution in [3.05, 3.63) is 16.2 Å². The van der Waals surface area contributed by atoms with Crippen LogP contribution in [0.2, 0.25) is 0 Å². The largest absolute Gasteiger partial charge is 0.384 e. The van der Waals surface area contributed by atoms with Gasteiger partial charge in [0.1, 0.15) is 16.4 Å². The Labute approximate surface area is 97.0 Å². The van der Waals surface area contributed by atoms with Crippen LogP contribution in [0.3, 0.4) is 0 Å². The Kier molecular flexibility index (Phi) is 3.51. The van der Waals surface area contributed by atoms with Gasteiger partial charge in [-0.25, -0.2) is 22.2 Å².